The van der Waals surface area contributed by atoms with Crippen LogP contribution in [0.1, 0.15) is 33.9 Å². The van der Waals surface area contributed by atoms with E-state index in [2.05, 4.69) is 10.2 Å². The van der Waals surface area contributed by atoms with Crippen molar-refractivity contribution in [2.45, 2.75) is 30.0 Å². The second-order valence-electron chi connectivity index (χ2n) is 8.89. The summed E-state index contributed by atoms with van der Waals surface area (Å²) in [5, 5.41) is 20.3. The van der Waals surface area contributed by atoms with Gasteiger partial charge in [0.15, 0.2) is 4.34 Å². The second-order valence-corrected chi connectivity index (χ2v) is 11.1. The molecule has 1 aliphatic heterocycles. The molecule has 1 aromatic heterocycles. The minimum atomic E-state index is -0.898. The van der Waals surface area contributed by atoms with Crippen LogP contribution >= 0.6 is 23.1 Å². The van der Waals surface area contributed by atoms with Gasteiger partial charge in [0.2, 0.25) is 5.13 Å². The molecule has 1 N–H and O–H groups in total. The molecule has 0 spiro atoms. The molecule has 192 valence electrons. The average molecular weight is 544 g/mol. The maximum absolute atomic E-state index is 13.5. The van der Waals surface area contributed by atoms with E-state index < -0.39 is 17.7 Å². The summed E-state index contributed by atoms with van der Waals surface area (Å²) in [6, 6.07) is 21.8. The van der Waals surface area contributed by atoms with Crippen LogP contribution in [0.3, 0.4) is 0 Å². The Bertz CT molecular complexity index is 1550. The number of hydrogen-bond acceptors (Lipinski definition) is 8. The summed E-state index contributed by atoms with van der Waals surface area (Å²) in [5.74, 6) is -0.495. The largest absolute Gasteiger partial charge is 0.507 e. The summed E-state index contributed by atoms with van der Waals surface area (Å²) in [6.07, 6.45) is 0. The minimum Gasteiger partial charge on any atom is -0.507 e. The van der Waals surface area contributed by atoms with Crippen molar-refractivity contribution in [3.05, 3.63) is 106 Å². The lowest BCUT2D eigenvalue weighted by Crippen LogP contribution is -2.29. The third-order valence-electron chi connectivity index (χ3n) is 6.31. The van der Waals surface area contributed by atoms with Crippen molar-refractivity contribution >= 4 is 45.7 Å². The Morgan fingerprint density at radius 3 is 2.58 bits per heavy atom. The molecule has 1 fully saturated rings. The molecule has 2 heterocycles. The van der Waals surface area contributed by atoms with E-state index in [9.17, 15) is 14.7 Å². The van der Waals surface area contributed by atoms with Crippen LogP contribution in [0.25, 0.3) is 5.76 Å². The van der Waals surface area contributed by atoms with Gasteiger partial charge in [-0.3, -0.25) is 14.5 Å². The molecule has 5 rings (SSSR count). The predicted molar refractivity (Wildman–Crippen MR) is 150 cm³/mol. The lowest BCUT2D eigenvalue weighted by atomic mass is 9.93. The summed E-state index contributed by atoms with van der Waals surface area (Å²) >= 11 is 2.74. The van der Waals surface area contributed by atoms with Gasteiger partial charge in [0.05, 0.1) is 18.7 Å². The molecule has 0 radical (unpaired) electrons. The monoisotopic (exact) mass is 543 g/mol. The third-order valence-corrected chi connectivity index (χ3v) is 8.44. The Morgan fingerprint density at radius 1 is 1.03 bits per heavy atom. The Balaban J connectivity index is 1.59. The molecule has 0 saturated carbocycles. The lowest BCUT2D eigenvalue weighted by Gasteiger charge is -2.23. The fraction of sp³-hybridized carbons (Fsp3) is 0.172. The van der Waals surface area contributed by atoms with Gasteiger partial charge in [-0.1, -0.05) is 83.3 Å². The number of anilines is 1. The first-order valence-corrected chi connectivity index (χ1v) is 13.7. The topological polar surface area (TPSA) is 92.6 Å². The average Bonchev–Trinajstić information content (AvgIpc) is 3.51. The zero-order valence-electron chi connectivity index (χ0n) is 21.0. The van der Waals surface area contributed by atoms with Gasteiger partial charge in [-0.25, -0.2) is 0 Å². The molecular weight excluding hydrogens is 518 g/mol. The summed E-state index contributed by atoms with van der Waals surface area (Å²) in [7, 11) is 1.55. The van der Waals surface area contributed by atoms with Crippen LogP contribution in [0, 0.1) is 13.8 Å². The number of thioether (sulfide) groups is 1. The first-order chi connectivity index (χ1) is 18.4. The number of aliphatic hydroxyl groups excluding tert-OH is 1. The van der Waals surface area contributed by atoms with Gasteiger partial charge in [0.1, 0.15) is 11.5 Å². The number of amides is 1. The van der Waals surface area contributed by atoms with E-state index >= 15 is 0 Å². The molecule has 3 aromatic carbocycles. The van der Waals surface area contributed by atoms with E-state index in [1.807, 2.05) is 62.4 Å². The van der Waals surface area contributed by atoms with E-state index in [0.717, 1.165) is 16.7 Å². The van der Waals surface area contributed by atoms with Gasteiger partial charge in [0, 0.05) is 11.3 Å². The summed E-state index contributed by atoms with van der Waals surface area (Å²) < 4.78 is 6.08. The van der Waals surface area contributed by atoms with Crippen molar-refractivity contribution in [1.29, 1.82) is 0 Å². The minimum absolute atomic E-state index is 0.00522. The molecule has 0 aliphatic carbocycles. The van der Waals surface area contributed by atoms with Gasteiger partial charge in [-0.2, -0.15) is 0 Å². The molecule has 1 atom stereocenters. The molecule has 1 aliphatic rings. The highest BCUT2D eigenvalue weighted by atomic mass is 32.2. The van der Waals surface area contributed by atoms with Crippen molar-refractivity contribution in [1.82, 2.24) is 10.2 Å². The van der Waals surface area contributed by atoms with E-state index in [1.54, 1.807) is 31.4 Å². The zero-order chi connectivity index (χ0) is 26.8. The Morgan fingerprint density at radius 2 is 1.82 bits per heavy atom. The number of aryl methyl sites for hydroxylation is 2. The molecule has 1 saturated heterocycles. The third kappa shape index (κ3) is 4.94. The van der Waals surface area contributed by atoms with Crippen LogP contribution in [0.2, 0.25) is 0 Å². The number of Topliss-reactive ketones (excluding diaryl/α,β-unsaturated/α-hetero) is 1. The van der Waals surface area contributed by atoms with Crippen molar-refractivity contribution < 1.29 is 19.4 Å². The highest BCUT2D eigenvalue weighted by molar-refractivity contribution is 8.00. The highest BCUT2D eigenvalue weighted by Gasteiger charge is 2.48. The predicted octanol–water partition coefficient (Wildman–Crippen LogP) is 6.08. The molecule has 9 heteroatoms. The molecule has 7 nitrogen and oxygen atoms in total. The Hall–Kier alpha value is -3.95. The van der Waals surface area contributed by atoms with Crippen LogP contribution in [-0.4, -0.2) is 34.1 Å². The number of nitrogens with zero attached hydrogens (tertiary/aromatic N) is 3. The van der Waals surface area contributed by atoms with Crippen molar-refractivity contribution in [2.24, 2.45) is 0 Å². The lowest BCUT2D eigenvalue weighted by molar-refractivity contribution is -0.132. The van der Waals surface area contributed by atoms with Crippen LogP contribution in [0.4, 0.5) is 5.13 Å². The first kappa shape index (κ1) is 25.7. The molecule has 0 bridgehead atoms. The first-order valence-electron chi connectivity index (χ1n) is 11.9. The van der Waals surface area contributed by atoms with Crippen molar-refractivity contribution in [3.8, 4) is 5.75 Å². The number of ketones is 1. The zero-order valence-corrected chi connectivity index (χ0v) is 22.7. The van der Waals surface area contributed by atoms with Gasteiger partial charge in [-0.15, -0.1) is 10.2 Å². The molecule has 1 unspecified atom stereocenters. The number of hydrogen-bond donors (Lipinski definition) is 1. The second kappa shape index (κ2) is 10.8. The van der Waals surface area contributed by atoms with E-state index in [1.165, 1.54) is 28.0 Å². The summed E-state index contributed by atoms with van der Waals surface area (Å²) in [6.45, 7) is 3.76. The van der Waals surface area contributed by atoms with E-state index in [4.69, 9.17) is 4.74 Å². The number of carbonyl (C=O) groups excluding carboxylic acids is 2. The van der Waals surface area contributed by atoms with Crippen molar-refractivity contribution in [2.75, 3.05) is 12.0 Å². The fourth-order valence-corrected chi connectivity index (χ4v) is 6.19. The van der Waals surface area contributed by atoms with Gasteiger partial charge >= 0.3 is 5.91 Å². The normalized spacial score (nSPS) is 16.7. The van der Waals surface area contributed by atoms with Crippen molar-refractivity contribution in [3.63, 3.8) is 0 Å². The van der Waals surface area contributed by atoms with E-state index in [0.29, 0.717) is 27.0 Å². The SMILES string of the molecule is COc1cccc(C2C(=C(O)c3cc(C)ccc3C)C(=O)C(=O)N2c2nnc(SCc3ccccc3)s2)c1. The molecule has 4 aromatic rings. The standard InChI is InChI=1S/C29H25N3O4S2/c1-17-12-13-18(2)22(14-17)25(33)23-24(20-10-7-11-21(15-20)36-3)32(27(35)26(23)34)28-30-31-29(38-28)37-16-19-8-5-4-6-9-19/h4-15,24,33H,16H2,1-3H3. The van der Waals surface area contributed by atoms with Crippen LogP contribution in [-0.2, 0) is 15.3 Å². The molecular formula is C29H25N3O4S2. The van der Waals surface area contributed by atoms with Crippen LogP contribution in [0.5, 0.6) is 5.75 Å². The van der Waals surface area contributed by atoms with Crippen LogP contribution < -0.4 is 9.64 Å². The summed E-state index contributed by atoms with van der Waals surface area (Å²) in [5.41, 5.74) is 3.98. The number of ether oxygens (including phenoxy) is 1. The fourth-order valence-electron chi connectivity index (χ4n) is 4.37. The van der Waals surface area contributed by atoms with Gasteiger partial charge in [0.25, 0.3) is 5.78 Å². The highest BCUT2D eigenvalue weighted by Crippen LogP contribution is 2.44. The number of methoxy groups -OCH3 is 1. The van der Waals surface area contributed by atoms with Gasteiger partial charge < -0.3 is 9.84 Å². The van der Waals surface area contributed by atoms with Gasteiger partial charge in [-0.05, 0) is 48.7 Å². The number of benzene rings is 3. The number of aliphatic hydroxyl groups is 1. The number of carbonyl (C=O) groups is 2. The Kier molecular flexibility index (Phi) is 7.31. The maximum Gasteiger partial charge on any atom is 0.301 e. The van der Waals surface area contributed by atoms with Crippen LogP contribution in [0.15, 0.2) is 82.7 Å². The molecule has 38 heavy (non-hydrogen) atoms. The maximum atomic E-state index is 13.5. The number of rotatable bonds is 7. The summed E-state index contributed by atoms with van der Waals surface area (Å²) in [4.78, 5) is 28.3. The quantitative estimate of drug-likeness (QED) is 0.0992. The smallest absolute Gasteiger partial charge is 0.301 e. The molecule has 1 amide bonds. The van der Waals surface area contributed by atoms with E-state index in [-0.39, 0.29) is 16.5 Å². The Labute approximate surface area is 228 Å². The number of aromatic nitrogens is 2.